The van der Waals surface area contributed by atoms with E-state index in [0.717, 1.165) is 12.1 Å². The summed E-state index contributed by atoms with van der Waals surface area (Å²) >= 11 is 0. The number of fused-ring (bicyclic) bond motifs is 1. The Hall–Kier alpha value is -4.65. The minimum absolute atomic E-state index is 0.0248. The van der Waals surface area contributed by atoms with Gasteiger partial charge in [0.2, 0.25) is 5.91 Å². The van der Waals surface area contributed by atoms with Crippen LogP contribution in [-0.2, 0) is 6.54 Å². The number of carbonyl (C=O) groups is 2. The zero-order valence-corrected chi connectivity index (χ0v) is 18.2. The molecule has 2 heterocycles. The van der Waals surface area contributed by atoms with Gasteiger partial charge < -0.3 is 11.1 Å². The smallest absolute Gasteiger partial charge is 0.274 e. The number of para-hydroxylation sites is 1. The Labute approximate surface area is 192 Å². The number of nitrogens with zero attached hydrogens (tertiary/aromatic N) is 4. The molecule has 0 unspecified atom stereocenters. The lowest BCUT2D eigenvalue weighted by atomic mass is 10.1. The summed E-state index contributed by atoms with van der Waals surface area (Å²) in [5, 5.41) is 16.4. The van der Waals surface area contributed by atoms with Crippen molar-refractivity contribution < 1.29 is 18.4 Å². The van der Waals surface area contributed by atoms with E-state index in [9.17, 15) is 18.4 Å². The average molecular weight is 460 g/mol. The molecule has 2 aromatic carbocycles. The normalized spacial score (nSPS) is 10.8. The predicted molar refractivity (Wildman–Crippen MR) is 120 cm³/mol. The number of carbonyl (C=O) groups excluding carboxylic acids is 2. The first kappa shape index (κ1) is 22.5. The van der Waals surface area contributed by atoms with Gasteiger partial charge in [0.05, 0.1) is 46.3 Å². The number of nitriles is 1. The molecule has 3 N–H and O–H groups in total. The molecule has 34 heavy (non-hydrogen) atoms. The van der Waals surface area contributed by atoms with Gasteiger partial charge in [-0.25, -0.2) is 13.8 Å². The largest absolute Gasteiger partial charge is 0.366 e. The standard InChI is InChI=1S/C24H18F2N6O2/c1-12-22(13(2)32(31-12)11-17-18(25)7-14(10-27)8-19(17)26)30-24(34)21-9-16(23(28)33)15-5-3-4-6-20(15)29-21/h3-9H,11H2,1-2H3,(H2,28,33)(H,30,34). The Kier molecular flexibility index (Phi) is 5.77. The lowest BCUT2D eigenvalue weighted by Crippen LogP contribution is -2.18. The molecular weight excluding hydrogens is 442 g/mol. The number of hydrogen-bond donors (Lipinski definition) is 2. The summed E-state index contributed by atoms with van der Waals surface area (Å²) in [5.41, 5.74) is 6.86. The monoisotopic (exact) mass is 460 g/mol. The zero-order valence-electron chi connectivity index (χ0n) is 18.2. The number of hydrogen-bond acceptors (Lipinski definition) is 5. The number of aromatic nitrogens is 3. The molecular formula is C24H18F2N6O2. The van der Waals surface area contributed by atoms with Gasteiger partial charge in [-0.05, 0) is 38.1 Å². The van der Waals surface area contributed by atoms with Crippen LogP contribution in [0, 0.1) is 36.8 Å². The maximum atomic E-state index is 14.3. The molecule has 0 aliphatic carbocycles. The van der Waals surface area contributed by atoms with E-state index in [1.165, 1.54) is 10.7 Å². The van der Waals surface area contributed by atoms with Crippen LogP contribution in [0.2, 0.25) is 0 Å². The fraction of sp³-hybridized carbons (Fsp3) is 0.125. The van der Waals surface area contributed by atoms with E-state index in [2.05, 4.69) is 15.4 Å². The van der Waals surface area contributed by atoms with E-state index < -0.39 is 23.4 Å². The van der Waals surface area contributed by atoms with Gasteiger partial charge in [-0.2, -0.15) is 10.4 Å². The highest BCUT2D eigenvalue weighted by molar-refractivity contribution is 6.10. The molecule has 0 radical (unpaired) electrons. The average Bonchev–Trinajstić information content (AvgIpc) is 3.07. The number of halogens is 2. The van der Waals surface area contributed by atoms with E-state index in [4.69, 9.17) is 11.0 Å². The molecule has 4 rings (SSSR count). The highest BCUT2D eigenvalue weighted by atomic mass is 19.1. The number of aryl methyl sites for hydroxylation is 1. The van der Waals surface area contributed by atoms with Gasteiger partial charge in [0.15, 0.2) is 0 Å². The molecule has 10 heteroatoms. The second-order valence-electron chi connectivity index (χ2n) is 7.62. The molecule has 170 valence electrons. The molecule has 0 saturated carbocycles. The van der Waals surface area contributed by atoms with Crippen LogP contribution in [0.1, 0.15) is 43.4 Å². The van der Waals surface area contributed by atoms with Crippen LogP contribution < -0.4 is 11.1 Å². The molecule has 2 amide bonds. The third-order valence-electron chi connectivity index (χ3n) is 5.41. The number of primary amides is 1. The van der Waals surface area contributed by atoms with Gasteiger partial charge in [0, 0.05) is 10.9 Å². The van der Waals surface area contributed by atoms with Crippen molar-refractivity contribution in [1.82, 2.24) is 14.8 Å². The van der Waals surface area contributed by atoms with Crippen LogP contribution in [0.4, 0.5) is 14.5 Å². The number of nitrogens with one attached hydrogen (secondary N) is 1. The van der Waals surface area contributed by atoms with Crippen LogP contribution in [0.3, 0.4) is 0 Å². The summed E-state index contributed by atoms with van der Waals surface area (Å²) in [7, 11) is 0. The van der Waals surface area contributed by atoms with Crippen LogP contribution in [-0.4, -0.2) is 26.6 Å². The van der Waals surface area contributed by atoms with E-state index in [1.807, 2.05) is 0 Å². The van der Waals surface area contributed by atoms with Crippen molar-refractivity contribution in [3.63, 3.8) is 0 Å². The lowest BCUT2D eigenvalue weighted by molar-refractivity contribution is 0.100. The van der Waals surface area contributed by atoms with Crippen LogP contribution >= 0.6 is 0 Å². The Morgan fingerprint density at radius 2 is 1.82 bits per heavy atom. The van der Waals surface area contributed by atoms with Crippen molar-refractivity contribution in [1.29, 1.82) is 5.26 Å². The summed E-state index contributed by atoms with van der Waals surface area (Å²) in [4.78, 5) is 29.2. The minimum Gasteiger partial charge on any atom is -0.366 e. The van der Waals surface area contributed by atoms with E-state index in [-0.39, 0.29) is 28.9 Å². The molecule has 0 saturated heterocycles. The van der Waals surface area contributed by atoms with Crippen LogP contribution in [0.15, 0.2) is 42.5 Å². The van der Waals surface area contributed by atoms with Crippen molar-refractivity contribution in [2.24, 2.45) is 5.73 Å². The third-order valence-corrected chi connectivity index (χ3v) is 5.41. The summed E-state index contributed by atoms with van der Waals surface area (Å²) in [6, 6.07) is 11.7. The van der Waals surface area contributed by atoms with E-state index in [0.29, 0.717) is 28.0 Å². The van der Waals surface area contributed by atoms with Gasteiger partial charge in [-0.15, -0.1) is 0 Å². The van der Waals surface area contributed by atoms with Crippen molar-refractivity contribution >= 4 is 28.4 Å². The maximum absolute atomic E-state index is 14.3. The topological polar surface area (TPSA) is 127 Å². The lowest BCUT2D eigenvalue weighted by Gasteiger charge is -2.10. The second-order valence-corrected chi connectivity index (χ2v) is 7.62. The molecule has 2 aromatic heterocycles. The quantitative estimate of drug-likeness (QED) is 0.471. The van der Waals surface area contributed by atoms with Crippen molar-refractivity contribution in [3.8, 4) is 6.07 Å². The summed E-state index contributed by atoms with van der Waals surface area (Å²) in [5.74, 6) is -3.03. The molecule has 0 fully saturated rings. The number of benzene rings is 2. The number of pyridine rings is 1. The molecule has 4 aromatic rings. The molecule has 0 aliphatic rings. The number of anilines is 1. The minimum atomic E-state index is -0.867. The fourth-order valence-electron chi connectivity index (χ4n) is 3.67. The summed E-state index contributed by atoms with van der Waals surface area (Å²) < 4.78 is 30.0. The first-order valence-electron chi connectivity index (χ1n) is 10.1. The Bertz CT molecular complexity index is 1500. The molecule has 8 nitrogen and oxygen atoms in total. The van der Waals surface area contributed by atoms with Gasteiger partial charge in [0.25, 0.3) is 5.91 Å². The molecule has 0 spiro atoms. The van der Waals surface area contributed by atoms with Gasteiger partial charge >= 0.3 is 0 Å². The first-order valence-corrected chi connectivity index (χ1v) is 10.1. The van der Waals surface area contributed by atoms with E-state index in [1.54, 1.807) is 44.2 Å². The highest BCUT2D eigenvalue weighted by Crippen LogP contribution is 2.24. The first-order chi connectivity index (χ1) is 16.2. The SMILES string of the molecule is Cc1nn(Cc2c(F)cc(C#N)cc2F)c(C)c1NC(=O)c1cc(C(N)=O)c2ccccc2n1. The van der Waals surface area contributed by atoms with Crippen molar-refractivity contribution in [2.75, 3.05) is 5.32 Å². The van der Waals surface area contributed by atoms with Crippen molar-refractivity contribution in [3.05, 3.63) is 87.9 Å². The van der Waals surface area contributed by atoms with Crippen LogP contribution in [0.5, 0.6) is 0 Å². The van der Waals surface area contributed by atoms with Gasteiger partial charge in [-0.3, -0.25) is 14.3 Å². The number of amides is 2. The molecule has 0 atom stereocenters. The Balaban J connectivity index is 1.66. The summed E-state index contributed by atoms with van der Waals surface area (Å²) in [6.45, 7) is 3.02. The third kappa shape index (κ3) is 4.06. The maximum Gasteiger partial charge on any atom is 0.274 e. The number of nitrogens with two attached hydrogens (primary N) is 1. The fourth-order valence-corrected chi connectivity index (χ4v) is 3.67. The van der Waals surface area contributed by atoms with Gasteiger partial charge in [-0.1, -0.05) is 18.2 Å². The van der Waals surface area contributed by atoms with Crippen LogP contribution in [0.25, 0.3) is 10.9 Å². The predicted octanol–water partition coefficient (Wildman–Crippen LogP) is 3.60. The van der Waals surface area contributed by atoms with E-state index >= 15 is 0 Å². The highest BCUT2D eigenvalue weighted by Gasteiger charge is 2.20. The van der Waals surface area contributed by atoms with Crippen molar-refractivity contribution in [2.45, 2.75) is 20.4 Å². The second kappa shape index (κ2) is 8.71. The number of rotatable bonds is 5. The Morgan fingerprint density at radius 3 is 2.47 bits per heavy atom. The van der Waals surface area contributed by atoms with Gasteiger partial charge in [0.1, 0.15) is 17.3 Å². The zero-order chi connectivity index (χ0) is 24.6. The summed E-state index contributed by atoms with van der Waals surface area (Å²) in [6.07, 6.45) is 0. The molecule has 0 bridgehead atoms. The Morgan fingerprint density at radius 1 is 1.15 bits per heavy atom. The molecule has 0 aliphatic heterocycles.